The van der Waals surface area contributed by atoms with Crippen molar-refractivity contribution >= 4 is 24.0 Å². The van der Waals surface area contributed by atoms with Gasteiger partial charge in [0.15, 0.2) is 0 Å². The molecule has 0 spiro atoms. The number of halogens is 1. The number of nitrogens with one attached hydrogen (secondary N) is 1. The van der Waals surface area contributed by atoms with Gasteiger partial charge in [0.25, 0.3) is 0 Å². The summed E-state index contributed by atoms with van der Waals surface area (Å²) in [6.07, 6.45) is 0. The molecule has 1 amide bonds. The Morgan fingerprint density at radius 3 is 2.46 bits per heavy atom. The molecule has 5 heteroatoms. The second-order valence-corrected chi connectivity index (χ2v) is 6.95. The third-order valence-electron chi connectivity index (χ3n) is 5.33. The summed E-state index contributed by atoms with van der Waals surface area (Å²) in [7, 11) is 0. The number of para-hydroxylation sites is 1. The summed E-state index contributed by atoms with van der Waals surface area (Å²) in [5, 5.41) is 3.06. The smallest absolute Gasteiger partial charge is 0.241 e. The van der Waals surface area contributed by atoms with E-state index in [1.54, 1.807) is 0 Å². The van der Waals surface area contributed by atoms with Crippen molar-refractivity contribution in [3.63, 3.8) is 0 Å². The van der Waals surface area contributed by atoms with Crippen LogP contribution < -0.4 is 11.1 Å². The maximum atomic E-state index is 12.7. The van der Waals surface area contributed by atoms with Crippen LogP contribution in [0.3, 0.4) is 0 Å². The minimum atomic E-state index is -0.178. The molecule has 0 saturated carbocycles. The number of hydrogen-bond donors (Lipinski definition) is 2. The van der Waals surface area contributed by atoms with Gasteiger partial charge in [0.1, 0.15) is 0 Å². The molecular weight excluding hydrogens is 346 g/mol. The summed E-state index contributed by atoms with van der Waals surface area (Å²) in [6, 6.07) is 18.2. The Hall–Kier alpha value is -1.88. The molecule has 4 nitrogen and oxygen atoms in total. The van der Waals surface area contributed by atoms with E-state index >= 15 is 0 Å². The van der Waals surface area contributed by atoms with Gasteiger partial charge in [-0.2, -0.15) is 0 Å². The summed E-state index contributed by atoms with van der Waals surface area (Å²) in [6.45, 7) is 6.36. The Bertz CT molecular complexity index is 722. The fraction of sp³-hybridized carbons (Fsp3) is 0.381. The molecule has 0 bridgehead atoms. The fourth-order valence-corrected chi connectivity index (χ4v) is 3.65. The number of benzene rings is 2. The van der Waals surface area contributed by atoms with Gasteiger partial charge in [0.05, 0.1) is 6.04 Å². The van der Waals surface area contributed by atoms with Gasteiger partial charge in [-0.1, -0.05) is 48.5 Å². The molecule has 2 aromatic carbocycles. The first kappa shape index (κ1) is 20.4. The highest BCUT2D eigenvalue weighted by atomic mass is 35.5. The van der Waals surface area contributed by atoms with Crippen molar-refractivity contribution in [3.8, 4) is 0 Å². The molecule has 3 N–H and O–H groups in total. The SMILES string of the molecule is Cc1ccccc1NC(=O)C(C)N1C[C@@H](CN)[C@H](c2ccccc2)C1.Cl. The molecule has 3 atom stereocenters. The molecule has 3 rings (SSSR count). The van der Waals surface area contributed by atoms with Crippen molar-refractivity contribution in [1.82, 2.24) is 4.90 Å². The largest absolute Gasteiger partial charge is 0.330 e. The third kappa shape index (κ3) is 4.44. The number of amides is 1. The lowest BCUT2D eigenvalue weighted by Gasteiger charge is -2.24. The zero-order valence-corrected chi connectivity index (χ0v) is 16.2. The second-order valence-electron chi connectivity index (χ2n) is 6.95. The molecule has 1 saturated heterocycles. The Morgan fingerprint density at radius 2 is 1.81 bits per heavy atom. The molecule has 140 valence electrons. The van der Waals surface area contributed by atoms with Crippen LogP contribution in [-0.2, 0) is 4.79 Å². The van der Waals surface area contributed by atoms with Crippen LogP contribution in [0.25, 0.3) is 0 Å². The minimum Gasteiger partial charge on any atom is -0.330 e. The Morgan fingerprint density at radius 1 is 1.15 bits per heavy atom. The summed E-state index contributed by atoms with van der Waals surface area (Å²) in [5.41, 5.74) is 9.29. The zero-order valence-electron chi connectivity index (χ0n) is 15.4. The highest BCUT2D eigenvalue weighted by Gasteiger charge is 2.36. The van der Waals surface area contributed by atoms with Crippen molar-refractivity contribution in [2.24, 2.45) is 11.7 Å². The molecule has 0 radical (unpaired) electrons. The molecule has 0 aliphatic carbocycles. The monoisotopic (exact) mass is 373 g/mol. The molecule has 26 heavy (non-hydrogen) atoms. The van der Waals surface area contributed by atoms with Gasteiger partial charge in [-0.25, -0.2) is 0 Å². The van der Waals surface area contributed by atoms with Gasteiger partial charge in [-0.05, 0) is 43.5 Å². The first-order chi connectivity index (χ1) is 12.1. The van der Waals surface area contributed by atoms with Gasteiger partial charge < -0.3 is 11.1 Å². The number of likely N-dealkylation sites (tertiary alicyclic amines) is 1. The summed E-state index contributed by atoms with van der Waals surface area (Å²) in [4.78, 5) is 15.0. The molecule has 1 fully saturated rings. The highest BCUT2D eigenvalue weighted by Crippen LogP contribution is 2.33. The van der Waals surface area contributed by atoms with Crippen LogP contribution in [-0.4, -0.2) is 36.5 Å². The lowest BCUT2D eigenvalue weighted by atomic mass is 9.89. The normalized spacial score (nSPS) is 21.0. The number of rotatable bonds is 5. The van der Waals surface area contributed by atoms with E-state index in [1.807, 2.05) is 44.2 Å². The average Bonchev–Trinajstić information content (AvgIpc) is 3.08. The van der Waals surface area contributed by atoms with Crippen molar-refractivity contribution < 1.29 is 4.79 Å². The van der Waals surface area contributed by atoms with E-state index in [1.165, 1.54) is 5.56 Å². The predicted octanol–water partition coefficient (Wildman–Crippen LogP) is 3.42. The molecule has 1 heterocycles. The summed E-state index contributed by atoms with van der Waals surface area (Å²) < 4.78 is 0. The van der Waals surface area contributed by atoms with Crippen molar-refractivity contribution in [2.45, 2.75) is 25.8 Å². The number of hydrogen-bond acceptors (Lipinski definition) is 3. The van der Waals surface area contributed by atoms with E-state index in [-0.39, 0.29) is 24.4 Å². The van der Waals surface area contributed by atoms with E-state index in [2.05, 4.69) is 34.5 Å². The molecule has 1 aliphatic rings. The Kier molecular flexibility index (Phi) is 7.21. The Labute approximate surface area is 162 Å². The van der Waals surface area contributed by atoms with Gasteiger partial charge in [0, 0.05) is 24.7 Å². The number of nitrogens with two attached hydrogens (primary N) is 1. The van der Waals surface area contributed by atoms with Crippen LogP contribution >= 0.6 is 12.4 Å². The third-order valence-corrected chi connectivity index (χ3v) is 5.33. The predicted molar refractivity (Wildman–Crippen MR) is 110 cm³/mol. The number of carbonyl (C=O) groups excluding carboxylic acids is 1. The van der Waals surface area contributed by atoms with Crippen LogP contribution in [0.4, 0.5) is 5.69 Å². The minimum absolute atomic E-state index is 0. The highest BCUT2D eigenvalue weighted by molar-refractivity contribution is 5.95. The lowest BCUT2D eigenvalue weighted by Crippen LogP contribution is -2.41. The first-order valence-electron chi connectivity index (χ1n) is 8.95. The van der Waals surface area contributed by atoms with E-state index in [4.69, 9.17) is 5.73 Å². The van der Waals surface area contributed by atoms with Crippen LogP contribution in [0.15, 0.2) is 54.6 Å². The molecular formula is C21H28ClN3O. The van der Waals surface area contributed by atoms with Gasteiger partial charge in [-0.15, -0.1) is 12.4 Å². The topological polar surface area (TPSA) is 58.4 Å². The number of anilines is 1. The molecule has 1 unspecified atom stereocenters. The van der Waals surface area contributed by atoms with Crippen molar-refractivity contribution in [1.29, 1.82) is 0 Å². The fourth-order valence-electron chi connectivity index (χ4n) is 3.65. The van der Waals surface area contributed by atoms with Crippen molar-refractivity contribution in [2.75, 3.05) is 25.0 Å². The maximum Gasteiger partial charge on any atom is 0.241 e. The number of nitrogens with zero attached hydrogens (tertiary/aromatic N) is 1. The van der Waals surface area contributed by atoms with E-state index in [0.717, 1.165) is 24.3 Å². The quantitative estimate of drug-likeness (QED) is 0.844. The van der Waals surface area contributed by atoms with Crippen LogP contribution in [0, 0.1) is 12.8 Å². The standard InChI is InChI=1S/C21H27N3O.ClH/c1-15-8-6-7-11-20(15)23-21(25)16(2)24-13-18(12-22)19(14-24)17-9-4-3-5-10-17;/h3-11,16,18-19H,12-14,22H2,1-2H3,(H,23,25);1H/t16?,18-,19+;/m1./s1. The average molecular weight is 374 g/mol. The maximum absolute atomic E-state index is 12.7. The molecule has 0 aromatic heterocycles. The second kappa shape index (κ2) is 9.17. The summed E-state index contributed by atoms with van der Waals surface area (Å²) >= 11 is 0. The first-order valence-corrected chi connectivity index (χ1v) is 8.95. The summed E-state index contributed by atoms with van der Waals surface area (Å²) in [5.74, 6) is 0.815. The number of aryl methyl sites for hydroxylation is 1. The number of carbonyl (C=O) groups is 1. The van der Waals surface area contributed by atoms with Gasteiger partial charge in [-0.3, -0.25) is 9.69 Å². The van der Waals surface area contributed by atoms with E-state index in [9.17, 15) is 4.79 Å². The van der Waals surface area contributed by atoms with E-state index in [0.29, 0.717) is 18.4 Å². The van der Waals surface area contributed by atoms with Gasteiger partial charge in [0.2, 0.25) is 5.91 Å². The lowest BCUT2D eigenvalue weighted by molar-refractivity contribution is -0.120. The molecule has 2 aromatic rings. The van der Waals surface area contributed by atoms with Gasteiger partial charge >= 0.3 is 0 Å². The van der Waals surface area contributed by atoms with Crippen LogP contribution in [0.5, 0.6) is 0 Å². The zero-order chi connectivity index (χ0) is 17.8. The Balaban J connectivity index is 0.00000243. The van der Waals surface area contributed by atoms with E-state index < -0.39 is 0 Å². The van der Waals surface area contributed by atoms with Crippen LogP contribution in [0.1, 0.15) is 24.0 Å². The van der Waals surface area contributed by atoms with Crippen molar-refractivity contribution in [3.05, 3.63) is 65.7 Å². The molecule has 1 aliphatic heterocycles. The van der Waals surface area contributed by atoms with Crippen LogP contribution in [0.2, 0.25) is 0 Å².